The normalized spacial score (nSPS) is 15.9. The van der Waals surface area contributed by atoms with E-state index < -0.39 is 0 Å². The first-order chi connectivity index (χ1) is 11.8. The van der Waals surface area contributed by atoms with Gasteiger partial charge in [-0.2, -0.15) is 0 Å². The summed E-state index contributed by atoms with van der Waals surface area (Å²) in [6.45, 7) is 7.95. The van der Waals surface area contributed by atoms with E-state index in [1.165, 1.54) is 0 Å². The van der Waals surface area contributed by atoms with Crippen LogP contribution in [0, 0.1) is 6.92 Å². The quantitative estimate of drug-likeness (QED) is 0.722. The van der Waals surface area contributed by atoms with Crippen molar-refractivity contribution in [3.8, 4) is 11.5 Å². The fourth-order valence-corrected chi connectivity index (χ4v) is 3.04. The van der Waals surface area contributed by atoms with Gasteiger partial charge in [0.05, 0.1) is 7.11 Å². The molecule has 0 aliphatic carbocycles. The van der Waals surface area contributed by atoms with Crippen LogP contribution in [0.3, 0.4) is 0 Å². The second-order valence-corrected chi connectivity index (χ2v) is 7.11. The molecule has 1 aliphatic heterocycles. The van der Waals surface area contributed by atoms with Gasteiger partial charge in [0.15, 0.2) is 5.78 Å². The number of hydrogen-bond acceptors (Lipinski definition) is 3. The third kappa shape index (κ3) is 3.46. The zero-order chi connectivity index (χ0) is 18.2. The highest BCUT2D eigenvalue weighted by Gasteiger charge is 2.24. The molecule has 3 heteroatoms. The Kier molecular flexibility index (Phi) is 4.42. The molecule has 1 heterocycles. The first-order valence-electron chi connectivity index (χ1n) is 8.52. The minimum absolute atomic E-state index is 0.0898. The number of fused-ring (bicyclic) bond motifs is 1. The number of rotatable bonds is 4. The van der Waals surface area contributed by atoms with Gasteiger partial charge < -0.3 is 9.47 Å². The number of ether oxygens (including phenoxy) is 2. The molecule has 25 heavy (non-hydrogen) atoms. The lowest BCUT2D eigenvalue weighted by atomic mass is 9.90. The Morgan fingerprint density at radius 2 is 1.92 bits per heavy atom. The van der Waals surface area contributed by atoms with Gasteiger partial charge in [-0.05, 0) is 62.2 Å². The maximum atomic E-state index is 12.9. The van der Waals surface area contributed by atoms with Crippen LogP contribution in [0.15, 0.2) is 42.5 Å². The lowest BCUT2D eigenvalue weighted by Crippen LogP contribution is -2.27. The van der Waals surface area contributed by atoms with Crippen molar-refractivity contribution in [1.29, 1.82) is 0 Å². The van der Waals surface area contributed by atoms with Crippen molar-refractivity contribution in [2.75, 3.05) is 7.11 Å². The molecule has 1 aliphatic rings. The summed E-state index contributed by atoms with van der Waals surface area (Å²) in [5.74, 6) is 1.47. The van der Waals surface area contributed by atoms with Gasteiger partial charge in [-0.15, -0.1) is 0 Å². The van der Waals surface area contributed by atoms with Crippen molar-refractivity contribution in [2.24, 2.45) is 0 Å². The van der Waals surface area contributed by atoms with Crippen LogP contribution >= 0.6 is 0 Å². The number of hydrogen-bond donors (Lipinski definition) is 0. The predicted octanol–water partition coefficient (Wildman–Crippen LogP) is 5.17. The Balaban J connectivity index is 1.88. The summed E-state index contributed by atoms with van der Waals surface area (Å²) in [7, 11) is 1.65. The monoisotopic (exact) mass is 336 g/mol. The van der Waals surface area contributed by atoms with Crippen LogP contribution in [0.1, 0.15) is 53.7 Å². The van der Waals surface area contributed by atoms with Crippen molar-refractivity contribution in [1.82, 2.24) is 0 Å². The first-order valence-corrected chi connectivity index (χ1v) is 8.52. The highest BCUT2D eigenvalue weighted by molar-refractivity contribution is 6.01. The molecule has 0 saturated heterocycles. The Labute approximate surface area is 149 Å². The molecule has 0 unspecified atom stereocenters. The zero-order valence-corrected chi connectivity index (χ0v) is 15.4. The van der Waals surface area contributed by atoms with Gasteiger partial charge in [-0.1, -0.05) is 25.1 Å². The van der Waals surface area contributed by atoms with Crippen LogP contribution in [0.5, 0.6) is 11.5 Å². The summed E-state index contributed by atoms with van der Waals surface area (Å²) in [4.78, 5) is 12.9. The topological polar surface area (TPSA) is 35.5 Å². The van der Waals surface area contributed by atoms with Gasteiger partial charge in [-0.25, -0.2) is 0 Å². The van der Waals surface area contributed by atoms with Crippen LogP contribution in [-0.2, 0) is 0 Å². The van der Waals surface area contributed by atoms with Crippen molar-refractivity contribution >= 4 is 11.9 Å². The molecule has 0 radical (unpaired) electrons. The Morgan fingerprint density at radius 1 is 1.16 bits per heavy atom. The summed E-state index contributed by atoms with van der Waals surface area (Å²) >= 11 is 0. The fraction of sp³-hybridized carbons (Fsp3) is 0.318. The maximum absolute atomic E-state index is 12.9. The molecule has 1 atom stereocenters. The van der Waals surface area contributed by atoms with Gasteiger partial charge in [0.2, 0.25) is 0 Å². The highest BCUT2D eigenvalue weighted by Crippen LogP contribution is 2.33. The number of methoxy groups -OCH3 is 1. The highest BCUT2D eigenvalue weighted by atomic mass is 16.5. The molecule has 0 N–H and O–H groups in total. The molecule has 0 saturated carbocycles. The number of benzene rings is 2. The van der Waals surface area contributed by atoms with E-state index in [1.54, 1.807) is 7.11 Å². The minimum Gasteiger partial charge on any atom is -0.496 e. The summed E-state index contributed by atoms with van der Waals surface area (Å²) < 4.78 is 11.3. The molecule has 2 aromatic rings. The van der Waals surface area contributed by atoms with Gasteiger partial charge in [0.1, 0.15) is 17.1 Å². The van der Waals surface area contributed by atoms with Crippen molar-refractivity contribution < 1.29 is 14.3 Å². The first kappa shape index (κ1) is 17.3. The fourth-order valence-electron chi connectivity index (χ4n) is 3.04. The molecule has 0 fully saturated rings. The third-order valence-electron chi connectivity index (χ3n) is 4.66. The average molecular weight is 336 g/mol. The van der Waals surface area contributed by atoms with E-state index in [2.05, 4.69) is 0 Å². The Bertz CT molecular complexity index is 846. The standard InChI is InChI=1S/C22H24O3/c1-14-6-7-16(13-20(14)24-5)15(2)21(23)18-8-9-19-17(12-18)10-11-22(3,4)25-19/h6-13,15H,1-5H3/t15-/m0/s1. The predicted molar refractivity (Wildman–Crippen MR) is 101 cm³/mol. The third-order valence-corrected chi connectivity index (χ3v) is 4.66. The maximum Gasteiger partial charge on any atom is 0.170 e. The molecule has 130 valence electrons. The molecular formula is C22H24O3. The summed E-state index contributed by atoms with van der Waals surface area (Å²) in [6, 6.07) is 11.6. The molecule has 2 aromatic carbocycles. The van der Waals surface area contributed by atoms with Crippen LogP contribution < -0.4 is 9.47 Å². The van der Waals surface area contributed by atoms with E-state index in [1.807, 2.05) is 76.2 Å². The summed E-state index contributed by atoms with van der Waals surface area (Å²) in [6.07, 6.45) is 4.03. The van der Waals surface area contributed by atoms with Crippen molar-refractivity contribution in [2.45, 2.75) is 39.2 Å². The van der Waals surface area contributed by atoms with Gasteiger partial charge >= 0.3 is 0 Å². The van der Waals surface area contributed by atoms with Gasteiger partial charge in [0.25, 0.3) is 0 Å². The number of Topliss-reactive ketones (excluding diaryl/α,β-unsaturated/α-hetero) is 1. The number of ketones is 1. The van der Waals surface area contributed by atoms with Crippen LogP contribution in [0.4, 0.5) is 0 Å². The second kappa shape index (κ2) is 6.40. The van der Waals surface area contributed by atoms with Crippen molar-refractivity contribution in [3.63, 3.8) is 0 Å². The molecule has 0 bridgehead atoms. The van der Waals surface area contributed by atoms with Crippen LogP contribution in [0.2, 0.25) is 0 Å². The van der Waals surface area contributed by atoms with E-state index in [9.17, 15) is 4.79 Å². The summed E-state index contributed by atoms with van der Waals surface area (Å²) in [5.41, 5.74) is 3.34. The SMILES string of the molecule is COc1cc([C@H](C)C(=O)c2ccc3c(c2)C=CC(C)(C)O3)ccc1C. The van der Waals surface area contributed by atoms with E-state index in [0.717, 1.165) is 28.2 Å². The van der Waals surface area contributed by atoms with Gasteiger partial charge in [0, 0.05) is 17.0 Å². The van der Waals surface area contributed by atoms with Crippen LogP contribution in [0.25, 0.3) is 6.08 Å². The van der Waals surface area contributed by atoms with Crippen molar-refractivity contribution in [3.05, 3.63) is 64.7 Å². The van der Waals surface area contributed by atoms with E-state index in [4.69, 9.17) is 9.47 Å². The largest absolute Gasteiger partial charge is 0.496 e. The van der Waals surface area contributed by atoms with Gasteiger partial charge in [-0.3, -0.25) is 4.79 Å². The number of carbonyl (C=O) groups is 1. The molecule has 0 spiro atoms. The number of carbonyl (C=O) groups excluding carboxylic acids is 1. The van der Waals surface area contributed by atoms with Crippen LogP contribution in [-0.4, -0.2) is 18.5 Å². The molecule has 3 nitrogen and oxygen atoms in total. The molecule has 0 aromatic heterocycles. The second-order valence-electron chi connectivity index (χ2n) is 7.11. The molecule has 0 amide bonds. The molecule has 3 rings (SSSR count). The van der Waals surface area contributed by atoms with E-state index >= 15 is 0 Å². The Morgan fingerprint density at radius 3 is 2.64 bits per heavy atom. The average Bonchev–Trinajstić information content (AvgIpc) is 2.59. The lowest BCUT2D eigenvalue weighted by molar-refractivity contribution is 0.0966. The zero-order valence-electron chi connectivity index (χ0n) is 15.4. The number of aryl methyl sites for hydroxylation is 1. The van der Waals surface area contributed by atoms with E-state index in [-0.39, 0.29) is 17.3 Å². The Hall–Kier alpha value is -2.55. The van der Waals surface area contributed by atoms with E-state index in [0.29, 0.717) is 5.56 Å². The molecular weight excluding hydrogens is 312 g/mol. The summed E-state index contributed by atoms with van der Waals surface area (Å²) in [5, 5.41) is 0. The minimum atomic E-state index is -0.315. The smallest absolute Gasteiger partial charge is 0.170 e. The lowest BCUT2D eigenvalue weighted by Gasteiger charge is -2.28.